The van der Waals surface area contributed by atoms with Crippen LogP contribution in [-0.2, 0) is 11.4 Å². The number of carbonyl (C=O) groups is 2. The first-order valence-electron chi connectivity index (χ1n) is 10.1. The highest BCUT2D eigenvalue weighted by Crippen LogP contribution is 2.28. The second-order valence-electron chi connectivity index (χ2n) is 7.39. The molecule has 2 amide bonds. The molecule has 9 heteroatoms. The van der Waals surface area contributed by atoms with Gasteiger partial charge in [0.25, 0.3) is 5.91 Å². The number of halogens is 2. The van der Waals surface area contributed by atoms with Crippen LogP contribution in [0.4, 0.5) is 8.78 Å². The van der Waals surface area contributed by atoms with Crippen molar-refractivity contribution >= 4 is 23.2 Å². The summed E-state index contributed by atoms with van der Waals surface area (Å²) in [6.07, 6.45) is 0. The average molecular weight is 458 g/mol. The molecule has 0 aliphatic carbocycles. The van der Waals surface area contributed by atoms with Crippen LogP contribution in [0.25, 0.3) is 10.6 Å². The molecule has 0 bridgehead atoms. The van der Waals surface area contributed by atoms with Gasteiger partial charge in [0.15, 0.2) is 0 Å². The van der Waals surface area contributed by atoms with Crippen LogP contribution in [0.5, 0.6) is 5.75 Å². The molecule has 0 saturated carbocycles. The number of hydrogen-bond donors (Lipinski definition) is 0. The van der Waals surface area contributed by atoms with Gasteiger partial charge in [0, 0.05) is 55.7 Å². The Balaban J connectivity index is 1.42. The van der Waals surface area contributed by atoms with Crippen LogP contribution in [0.15, 0.2) is 47.8 Å². The number of hydrogen-bond acceptors (Lipinski definition) is 5. The first kappa shape index (κ1) is 21.9. The minimum Gasteiger partial charge on any atom is -0.489 e. The third-order valence-corrected chi connectivity index (χ3v) is 6.12. The summed E-state index contributed by atoms with van der Waals surface area (Å²) in [6.45, 7) is 3.49. The molecule has 0 N–H and O–H groups in total. The molecule has 1 aliphatic rings. The largest absolute Gasteiger partial charge is 0.489 e. The third kappa shape index (κ3) is 4.94. The molecular weight excluding hydrogens is 436 g/mol. The SMILES string of the molecule is CC(=O)N1CCN(C(=O)c2csc(-c3cccc(OCc4ccc(F)cc4F)c3)n2)CC1. The van der Waals surface area contributed by atoms with Crippen LogP contribution in [-0.4, -0.2) is 52.8 Å². The first-order valence-corrected chi connectivity index (χ1v) is 11.0. The second kappa shape index (κ2) is 9.44. The van der Waals surface area contributed by atoms with Crippen molar-refractivity contribution in [3.05, 3.63) is 70.7 Å². The van der Waals surface area contributed by atoms with Gasteiger partial charge in [-0.1, -0.05) is 12.1 Å². The fraction of sp³-hybridized carbons (Fsp3) is 0.261. The quantitative estimate of drug-likeness (QED) is 0.582. The Morgan fingerprint density at radius 3 is 2.53 bits per heavy atom. The number of carbonyl (C=O) groups excluding carboxylic acids is 2. The Hall–Kier alpha value is -3.33. The van der Waals surface area contributed by atoms with E-state index in [2.05, 4.69) is 4.98 Å². The maximum atomic E-state index is 13.8. The molecule has 1 aliphatic heterocycles. The predicted octanol–water partition coefficient (Wildman–Crippen LogP) is 3.97. The van der Waals surface area contributed by atoms with Crippen molar-refractivity contribution in [3.8, 4) is 16.3 Å². The Kier molecular flexibility index (Phi) is 6.45. The van der Waals surface area contributed by atoms with Crippen molar-refractivity contribution in [2.45, 2.75) is 13.5 Å². The summed E-state index contributed by atoms with van der Waals surface area (Å²) in [5.74, 6) is -0.932. The van der Waals surface area contributed by atoms with E-state index in [1.807, 2.05) is 6.07 Å². The maximum Gasteiger partial charge on any atom is 0.273 e. The molecule has 166 valence electrons. The first-order chi connectivity index (χ1) is 15.4. The fourth-order valence-electron chi connectivity index (χ4n) is 3.41. The van der Waals surface area contributed by atoms with Gasteiger partial charge >= 0.3 is 0 Å². The van der Waals surface area contributed by atoms with E-state index < -0.39 is 11.6 Å². The summed E-state index contributed by atoms with van der Waals surface area (Å²) in [4.78, 5) is 32.1. The standard InChI is InChI=1S/C23H21F2N3O3S/c1-15(29)27-7-9-28(10-8-27)23(30)21-14-32-22(26-21)16-3-2-4-19(11-16)31-13-17-5-6-18(24)12-20(17)25/h2-6,11-12,14H,7-10,13H2,1H3. The molecule has 3 aromatic rings. The normalized spacial score (nSPS) is 13.8. The van der Waals surface area contributed by atoms with Crippen molar-refractivity contribution in [1.29, 1.82) is 0 Å². The van der Waals surface area contributed by atoms with Crippen LogP contribution < -0.4 is 4.74 Å². The number of ether oxygens (including phenoxy) is 1. The van der Waals surface area contributed by atoms with E-state index >= 15 is 0 Å². The van der Waals surface area contributed by atoms with Crippen molar-refractivity contribution in [1.82, 2.24) is 14.8 Å². The summed E-state index contributed by atoms with van der Waals surface area (Å²) in [5.41, 5.74) is 1.39. The molecule has 6 nitrogen and oxygen atoms in total. The number of rotatable bonds is 5. The van der Waals surface area contributed by atoms with Gasteiger partial charge in [0.2, 0.25) is 5.91 Å². The highest BCUT2D eigenvalue weighted by atomic mass is 32.1. The number of nitrogens with zero attached hydrogens (tertiary/aromatic N) is 3. The molecule has 0 radical (unpaired) electrons. The molecule has 1 aromatic heterocycles. The van der Waals surface area contributed by atoms with Crippen molar-refractivity contribution < 1.29 is 23.1 Å². The third-order valence-electron chi connectivity index (χ3n) is 5.23. The minimum atomic E-state index is -0.659. The number of thiazole rings is 1. The lowest BCUT2D eigenvalue weighted by molar-refractivity contribution is -0.130. The number of amides is 2. The van der Waals surface area contributed by atoms with Gasteiger partial charge in [-0.05, 0) is 24.3 Å². The van der Waals surface area contributed by atoms with E-state index in [1.54, 1.807) is 33.4 Å². The minimum absolute atomic E-state index is 0.0114. The van der Waals surface area contributed by atoms with E-state index in [-0.39, 0.29) is 24.0 Å². The van der Waals surface area contributed by atoms with E-state index in [0.717, 1.165) is 11.6 Å². The second-order valence-corrected chi connectivity index (χ2v) is 8.25. The van der Waals surface area contributed by atoms with Crippen LogP contribution in [0.3, 0.4) is 0 Å². The van der Waals surface area contributed by atoms with Crippen molar-refractivity contribution in [2.75, 3.05) is 26.2 Å². The van der Waals surface area contributed by atoms with Crippen molar-refractivity contribution in [3.63, 3.8) is 0 Å². The van der Waals surface area contributed by atoms with Crippen LogP contribution in [0.1, 0.15) is 23.0 Å². The monoisotopic (exact) mass is 457 g/mol. The predicted molar refractivity (Wildman–Crippen MR) is 116 cm³/mol. The lowest BCUT2D eigenvalue weighted by Gasteiger charge is -2.33. The molecule has 4 rings (SSSR count). The van der Waals surface area contributed by atoms with Gasteiger partial charge in [0.05, 0.1) is 0 Å². The van der Waals surface area contributed by atoms with E-state index in [4.69, 9.17) is 4.74 Å². The Morgan fingerprint density at radius 2 is 1.81 bits per heavy atom. The molecule has 0 atom stereocenters. The molecule has 2 aromatic carbocycles. The molecule has 0 unspecified atom stereocenters. The zero-order valence-corrected chi connectivity index (χ0v) is 18.2. The van der Waals surface area contributed by atoms with Gasteiger partial charge in [-0.2, -0.15) is 0 Å². The molecule has 1 fully saturated rings. The summed E-state index contributed by atoms with van der Waals surface area (Å²) < 4.78 is 32.5. The Morgan fingerprint density at radius 1 is 1.06 bits per heavy atom. The van der Waals surface area contributed by atoms with Gasteiger partial charge in [0.1, 0.15) is 34.7 Å². The highest BCUT2D eigenvalue weighted by Gasteiger charge is 2.25. The van der Waals surface area contributed by atoms with Crippen LogP contribution in [0.2, 0.25) is 0 Å². The summed E-state index contributed by atoms with van der Waals surface area (Å²) >= 11 is 1.35. The number of aromatic nitrogens is 1. The topological polar surface area (TPSA) is 62.7 Å². The molecule has 1 saturated heterocycles. The van der Waals surface area contributed by atoms with Gasteiger partial charge < -0.3 is 14.5 Å². The van der Waals surface area contributed by atoms with Gasteiger partial charge in [-0.25, -0.2) is 13.8 Å². The number of piperazine rings is 1. The smallest absolute Gasteiger partial charge is 0.273 e. The molecular formula is C23H21F2N3O3S. The Bertz CT molecular complexity index is 1140. The summed E-state index contributed by atoms with van der Waals surface area (Å²) in [7, 11) is 0. The highest BCUT2D eigenvalue weighted by molar-refractivity contribution is 7.13. The average Bonchev–Trinajstić information content (AvgIpc) is 3.29. The fourth-order valence-corrected chi connectivity index (χ4v) is 4.20. The lowest BCUT2D eigenvalue weighted by Crippen LogP contribution is -2.50. The van der Waals surface area contributed by atoms with Gasteiger partial charge in [-0.3, -0.25) is 9.59 Å². The summed E-state index contributed by atoms with van der Waals surface area (Å²) in [6, 6.07) is 10.5. The van der Waals surface area contributed by atoms with Crippen LogP contribution in [0, 0.1) is 11.6 Å². The van der Waals surface area contributed by atoms with E-state index in [0.29, 0.717) is 42.6 Å². The zero-order valence-electron chi connectivity index (χ0n) is 17.4. The number of benzene rings is 2. The van der Waals surface area contributed by atoms with Crippen LogP contribution >= 0.6 is 11.3 Å². The van der Waals surface area contributed by atoms with Crippen molar-refractivity contribution in [2.24, 2.45) is 0 Å². The lowest BCUT2D eigenvalue weighted by atomic mass is 10.2. The van der Waals surface area contributed by atoms with Gasteiger partial charge in [-0.15, -0.1) is 11.3 Å². The summed E-state index contributed by atoms with van der Waals surface area (Å²) in [5, 5.41) is 2.38. The zero-order chi connectivity index (χ0) is 22.7. The molecule has 0 spiro atoms. The maximum absolute atomic E-state index is 13.8. The molecule has 32 heavy (non-hydrogen) atoms. The van der Waals surface area contributed by atoms with E-state index in [9.17, 15) is 18.4 Å². The van der Waals surface area contributed by atoms with E-state index in [1.165, 1.54) is 30.4 Å². The molecule has 2 heterocycles. The Labute approximate surface area is 188 Å².